The van der Waals surface area contributed by atoms with E-state index < -0.39 is 5.97 Å². The molecule has 110 valence electrons. The molecule has 0 aliphatic carbocycles. The molecule has 5 heteroatoms. The van der Waals surface area contributed by atoms with Gasteiger partial charge in [-0.1, -0.05) is 0 Å². The minimum atomic E-state index is -1.04. The highest BCUT2D eigenvalue weighted by atomic mass is 19.1. The summed E-state index contributed by atoms with van der Waals surface area (Å²) < 4.78 is 19.3. The first-order valence-corrected chi connectivity index (χ1v) is 6.76. The maximum Gasteiger partial charge on any atom is 0.335 e. The largest absolute Gasteiger partial charge is 0.478 e. The zero-order valence-electron chi connectivity index (χ0n) is 11.8. The Morgan fingerprint density at radius 2 is 2.30 bits per heavy atom. The van der Waals surface area contributed by atoms with Crippen molar-refractivity contribution in [2.75, 3.05) is 6.61 Å². The third kappa shape index (κ3) is 3.77. The standard InChI is InChI=1S/C15H20FNO3/c1-15(2)8-12(5-6-20-15)17-9-11-7-10(14(18)19)3-4-13(11)16/h3-4,7,12,17H,5-6,8-9H2,1-2H3,(H,18,19). The van der Waals surface area contributed by atoms with Crippen LogP contribution in [-0.2, 0) is 11.3 Å². The van der Waals surface area contributed by atoms with E-state index >= 15 is 0 Å². The van der Waals surface area contributed by atoms with Crippen LogP contribution in [0.1, 0.15) is 42.6 Å². The van der Waals surface area contributed by atoms with Gasteiger partial charge in [-0.05, 0) is 44.9 Å². The van der Waals surface area contributed by atoms with E-state index in [-0.39, 0.29) is 23.0 Å². The zero-order valence-corrected chi connectivity index (χ0v) is 11.8. The number of hydrogen-bond donors (Lipinski definition) is 2. The van der Waals surface area contributed by atoms with Crippen molar-refractivity contribution in [2.45, 2.75) is 44.9 Å². The van der Waals surface area contributed by atoms with Crippen molar-refractivity contribution in [1.29, 1.82) is 0 Å². The Bertz CT molecular complexity index is 502. The van der Waals surface area contributed by atoms with Gasteiger partial charge in [0.2, 0.25) is 0 Å². The minimum Gasteiger partial charge on any atom is -0.478 e. The molecule has 1 fully saturated rings. The van der Waals surface area contributed by atoms with Crippen molar-refractivity contribution in [3.63, 3.8) is 0 Å². The number of halogens is 1. The summed E-state index contributed by atoms with van der Waals surface area (Å²) in [6.45, 7) is 5.08. The molecule has 1 aromatic rings. The molecule has 1 heterocycles. The molecule has 1 atom stereocenters. The van der Waals surface area contributed by atoms with Crippen LogP contribution in [0.4, 0.5) is 4.39 Å². The summed E-state index contributed by atoms with van der Waals surface area (Å²) in [6, 6.07) is 4.12. The number of benzene rings is 1. The van der Waals surface area contributed by atoms with Gasteiger partial charge in [-0.2, -0.15) is 0 Å². The molecule has 0 aromatic heterocycles. The van der Waals surface area contributed by atoms with E-state index in [1.807, 2.05) is 13.8 Å². The Morgan fingerprint density at radius 3 is 2.95 bits per heavy atom. The van der Waals surface area contributed by atoms with Crippen molar-refractivity contribution >= 4 is 5.97 Å². The predicted molar refractivity (Wildman–Crippen MR) is 73.3 cm³/mol. The second-order valence-electron chi connectivity index (χ2n) is 5.79. The average Bonchev–Trinajstić information content (AvgIpc) is 2.36. The van der Waals surface area contributed by atoms with Crippen molar-refractivity contribution in [2.24, 2.45) is 0 Å². The van der Waals surface area contributed by atoms with Gasteiger partial charge in [0.1, 0.15) is 5.82 Å². The number of carboxylic acids is 1. The van der Waals surface area contributed by atoms with Gasteiger partial charge in [0.15, 0.2) is 0 Å². The smallest absolute Gasteiger partial charge is 0.335 e. The van der Waals surface area contributed by atoms with Crippen LogP contribution in [0.2, 0.25) is 0 Å². The topological polar surface area (TPSA) is 58.6 Å². The van der Waals surface area contributed by atoms with Crippen molar-refractivity contribution in [3.8, 4) is 0 Å². The number of carbonyl (C=O) groups is 1. The van der Waals surface area contributed by atoms with Gasteiger partial charge in [-0.15, -0.1) is 0 Å². The van der Waals surface area contributed by atoms with Crippen LogP contribution in [0.15, 0.2) is 18.2 Å². The molecule has 0 radical (unpaired) electrons. The molecule has 0 spiro atoms. The monoisotopic (exact) mass is 281 g/mol. The molecule has 2 rings (SSSR count). The summed E-state index contributed by atoms with van der Waals surface area (Å²) in [6.07, 6.45) is 1.73. The van der Waals surface area contributed by atoms with E-state index in [1.54, 1.807) is 0 Å². The predicted octanol–water partition coefficient (Wildman–Crippen LogP) is 2.57. The summed E-state index contributed by atoms with van der Waals surface area (Å²) in [5.41, 5.74) is 0.321. The van der Waals surface area contributed by atoms with Crippen LogP contribution in [0.25, 0.3) is 0 Å². The van der Waals surface area contributed by atoms with E-state index in [9.17, 15) is 9.18 Å². The number of aromatic carboxylic acids is 1. The highest BCUT2D eigenvalue weighted by molar-refractivity contribution is 5.87. The molecule has 2 N–H and O–H groups in total. The molecule has 0 bridgehead atoms. The lowest BCUT2D eigenvalue weighted by atomic mass is 9.94. The van der Waals surface area contributed by atoms with Gasteiger partial charge < -0.3 is 15.2 Å². The fourth-order valence-corrected chi connectivity index (χ4v) is 2.50. The molecule has 1 saturated heterocycles. The average molecular weight is 281 g/mol. The van der Waals surface area contributed by atoms with Crippen LogP contribution in [0.5, 0.6) is 0 Å². The maximum atomic E-state index is 13.7. The Labute approximate surface area is 117 Å². The summed E-state index contributed by atoms with van der Waals surface area (Å²) in [7, 11) is 0. The second kappa shape index (κ2) is 5.89. The molecule has 1 unspecified atom stereocenters. The van der Waals surface area contributed by atoms with E-state index in [0.717, 1.165) is 12.8 Å². The lowest BCUT2D eigenvalue weighted by Gasteiger charge is -2.36. The fourth-order valence-electron chi connectivity index (χ4n) is 2.50. The third-order valence-corrected chi connectivity index (χ3v) is 3.57. The lowest BCUT2D eigenvalue weighted by Crippen LogP contribution is -2.43. The molecular weight excluding hydrogens is 261 g/mol. The number of ether oxygens (including phenoxy) is 1. The summed E-state index contributed by atoms with van der Waals surface area (Å²) in [5.74, 6) is -1.42. The third-order valence-electron chi connectivity index (χ3n) is 3.57. The van der Waals surface area contributed by atoms with Gasteiger partial charge in [0.25, 0.3) is 0 Å². The Kier molecular flexibility index (Phi) is 4.40. The maximum absolute atomic E-state index is 13.7. The van der Waals surface area contributed by atoms with E-state index in [2.05, 4.69) is 5.32 Å². The van der Waals surface area contributed by atoms with Crippen LogP contribution < -0.4 is 5.32 Å². The fraction of sp³-hybridized carbons (Fsp3) is 0.533. The summed E-state index contributed by atoms with van der Waals surface area (Å²) in [5, 5.41) is 12.2. The zero-order chi connectivity index (χ0) is 14.8. The van der Waals surface area contributed by atoms with Crippen LogP contribution in [-0.4, -0.2) is 29.3 Å². The molecule has 1 aliphatic heterocycles. The molecule has 4 nitrogen and oxygen atoms in total. The molecule has 1 aromatic carbocycles. The lowest BCUT2D eigenvalue weighted by molar-refractivity contribution is -0.0630. The quantitative estimate of drug-likeness (QED) is 0.890. The van der Waals surface area contributed by atoms with Crippen molar-refractivity contribution < 1.29 is 19.0 Å². The molecule has 20 heavy (non-hydrogen) atoms. The number of nitrogens with one attached hydrogen (secondary N) is 1. The van der Waals surface area contributed by atoms with Crippen molar-refractivity contribution in [3.05, 3.63) is 35.1 Å². The number of carboxylic acid groups (broad SMARTS) is 1. The number of rotatable bonds is 4. The summed E-state index contributed by atoms with van der Waals surface area (Å²) in [4.78, 5) is 10.9. The molecule has 1 aliphatic rings. The van der Waals surface area contributed by atoms with E-state index in [0.29, 0.717) is 18.7 Å². The van der Waals surface area contributed by atoms with Crippen molar-refractivity contribution in [1.82, 2.24) is 5.32 Å². The first-order chi connectivity index (χ1) is 9.37. The highest BCUT2D eigenvalue weighted by Crippen LogP contribution is 2.24. The summed E-state index contributed by atoms with van der Waals surface area (Å²) >= 11 is 0. The Hall–Kier alpha value is -1.46. The second-order valence-corrected chi connectivity index (χ2v) is 5.79. The van der Waals surface area contributed by atoms with E-state index in [4.69, 9.17) is 9.84 Å². The van der Waals surface area contributed by atoms with E-state index in [1.165, 1.54) is 18.2 Å². The van der Waals surface area contributed by atoms with Crippen LogP contribution in [0, 0.1) is 5.82 Å². The Morgan fingerprint density at radius 1 is 1.55 bits per heavy atom. The SMILES string of the molecule is CC1(C)CC(NCc2cc(C(=O)O)ccc2F)CCO1. The molecule has 0 amide bonds. The van der Waals surface area contributed by atoms with Gasteiger partial charge in [0, 0.05) is 24.8 Å². The van der Waals surface area contributed by atoms with Gasteiger partial charge in [-0.25, -0.2) is 9.18 Å². The molecular formula is C15H20FNO3. The normalized spacial score (nSPS) is 21.6. The van der Waals surface area contributed by atoms with Gasteiger partial charge in [0.05, 0.1) is 11.2 Å². The number of hydrogen-bond acceptors (Lipinski definition) is 3. The van der Waals surface area contributed by atoms with Crippen LogP contribution >= 0.6 is 0 Å². The van der Waals surface area contributed by atoms with Gasteiger partial charge >= 0.3 is 5.97 Å². The first kappa shape index (κ1) is 14.9. The van der Waals surface area contributed by atoms with Gasteiger partial charge in [-0.3, -0.25) is 0 Å². The first-order valence-electron chi connectivity index (χ1n) is 6.76. The van der Waals surface area contributed by atoms with Crippen LogP contribution in [0.3, 0.4) is 0 Å². The minimum absolute atomic E-state index is 0.107. The highest BCUT2D eigenvalue weighted by Gasteiger charge is 2.28. The molecule has 0 saturated carbocycles. The Balaban J connectivity index is 2.00.